The summed E-state index contributed by atoms with van der Waals surface area (Å²) < 4.78 is 14.9. The van der Waals surface area contributed by atoms with E-state index in [0.717, 1.165) is 0 Å². The smallest absolute Gasteiger partial charge is 0.335 e. The van der Waals surface area contributed by atoms with Crippen LogP contribution < -0.4 is 0 Å². The zero-order chi connectivity index (χ0) is 14.3. The van der Waals surface area contributed by atoms with Crippen LogP contribution in [0, 0.1) is 5.82 Å². The van der Waals surface area contributed by atoms with Gasteiger partial charge in [-0.3, -0.25) is 0 Å². The van der Waals surface area contributed by atoms with Crippen molar-refractivity contribution in [3.63, 3.8) is 0 Å². The van der Waals surface area contributed by atoms with Crippen LogP contribution in [0.1, 0.15) is 10.4 Å². The molecule has 0 aliphatic rings. The van der Waals surface area contributed by atoms with Gasteiger partial charge in [-0.25, -0.2) is 13.9 Å². The molecule has 3 aromatic rings. The van der Waals surface area contributed by atoms with Gasteiger partial charge in [-0.15, -0.1) is 5.10 Å². The summed E-state index contributed by atoms with van der Waals surface area (Å²) in [5.41, 5.74) is 1.57. The molecule has 1 aromatic heterocycles. The molecular weight excluding hydrogens is 285 g/mol. The van der Waals surface area contributed by atoms with E-state index < -0.39 is 11.8 Å². The number of hydrogen-bond donors (Lipinski definition) is 1. The number of carboxylic acid groups (broad SMARTS) is 1. The average Bonchev–Trinajstić information content (AvgIpc) is 2.84. The van der Waals surface area contributed by atoms with Crippen molar-refractivity contribution >= 4 is 28.6 Å². The number of rotatable bonds is 2. The fourth-order valence-electron chi connectivity index (χ4n) is 1.86. The summed E-state index contributed by atoms with van der Waals surface area (Å²) in [6.07, 6.45) is 0. The highest BCUT2D eigenvalue weighted by atomic mass is 35.5. The molecule has 1 heterocycles. The third-order valence-electron chi connectivity index (χ3n) is 2.84. The van der Waals surface area contributed by atoms with Crippen molar-refractivity contribution in [2.24, 2.45) is 0 Å². The Labute approximate surface area is 117 Å². The van der Waals surface area contributed by atoms with Crippen LogP contribution in [-0.4, -0.2) is 26.1 Å². The summed E-state index contributed by atoms with van der Waals surface area (Å²) in [5.74, 6) is -1.60. The highest BCUT2D eigenvalue weighted by molar-refractivity contribution is 6.30. The molecule has 0 spiro atoms. The summed E-state index contributed by atoms with van der Waals surface area (Å²) >= 11 is 5.63. The third-order valence-corrected chi connectivity index (χ3v) is 3.15. The van der Waals surface area contributed by atoms with E-state index >= 15 is 0 Å². The van der Waals surface area contributed by atoms with E-state index in [-0.39, 0.29) is 10.6 Å². The molecular formula is C13H7ClFN3O2. The second-order valence-electron chi connectivity index (χ2n) is 4.11. The van der Waals surface area contributed by atoms with Gasteiger partial charge in [0.05, 0.1) is 21.8 Å². The molecule has 2 aromatic carbocycles. The molecule has 0 atom stereocenters. The maximum absolute atomic E-state index is 13.5. The Morgan fingerprint density at radius 3 is 2.75 bits per heavy atom. The molecule has 0 aliphatic carbocycles. The Morgan fingerprint density at radius 2 is 2.05 bits per heavy atom. The van der Waals surface area contributed by atoms with Gasteiger partial charge in [0.1, 0.15) is 11.3 Å². The first kappa shape index (κ1) is 12.6. The number of carbonyl (C=O) groups is 1. The van der Waals surface area contributed by atoms with Gasteiger partial charge in [0, 0.05) is 6.07 Å². The van der Waals surface area contributed by atoms with Crippen molar-refractivity contribution in [3.8, 4) is 5.69 Å². The van der Waals surface area contributed by atoms with Crippen molar-refractivity contribution in [2.45, 2.75) is 0 Å². The number of carboxylic acids is 1. The lowest BCUT2D eigenvalue weighted by molar-refractivity contribution is 0.0697. The second kappa shape index (κ2) is 4.57. The maximum Gasteiger partial charge on any atom is 0.335 e. The highest BCUT2D eigenvalue weighted by Crippen LogP contribution is 2.21. The lowest BCUT2D eigenvalue weighted by Crippen LogP contribution is -1.98. The van der Waals surface area contributed by atoms with E-state index in [1.165, 1.54) is 28.9 Å². The van der Waals surface area contributed by atoms with Crippen molar-refractivity contribution < 1.29 is 14.3 Å². The van der Waals surface area contributed by atoms with Crippen LogP contribution in [0.5, 0.6) is 0 Å². The van der Waals surface area contributed by atoms with Gasteiger partial charge < -0.3 is 5.11 Å². The molecule has 20 heavy (non-hydrogen) atoms. The number of aromatic nitrogens is 3. The van der Waals surface area contributed by atoms with Crippen LogP contribution in [0.15, 0.2) is 36.4 Å². The molecule has 0 amide bonds. The molecule has 0 saturated carbocycles. The summed E-state index contributed by atoms with van der Waals surface area (Å²) in [6, 6.07) is 8.69. The van der Waals surface area contributed by atoms with E-state index in [1.807, 2.05) is 0 Å². The number of hydrogen-bond acceptors (Lipinski definition) is 3. The Balaban J connectivity index is 2.17. The largest absolute Gasteiger partial charge is 0.478 e. The van der Waals surface area contributed by atoms with Crippen molar-refractivity contribution in [1.29, 1.82) is 0 Å². The van der Waals surface area contributed by atoms with E-state index in [0.29, 0.717) is 16.7 Å². The van der Waals surface area contributed by atoms with Gasteiger partial charge in [0.15, 0.2) is 0 Å². The number of aromatic carboxylic acids is 1. The van der Waals surface area contributed by atoms with Gasteiger partial charge in [0.25, 0.3) is 0 Å². The molecule has 0 unspecified atom stereocenters. The fourth-order valence-corrected chi connectivity index (χ4v) is 1.98. The highest BCUT2D eigenvalue weighted by Gasteiger charge is 2.11. The molecule has 5 nitrogen and oxygen atoms in total. The van der Waals surface area contributed by atoms with Crippen LogP contribution in [0.2, 0.25) is 5.02 Å². The van der Waals surface area contributed by atoms with Gasteiger partial charge >= 0.3 is 5.97 Å². The zero-order valence-electron chi connectivity index (χ0n) is 9.92. The van der Waals surface area contributed by atoms with Gasteiger partial charge in [-0.1, -0.05) is 16.8 Å². The Bertz CT molecular complexity index is 832. The first-order valence-corrected chi connectivity index (χ1v) is 5.98. The maximum atomic E-state index is 13.5. The average molecular weight is 292 g/mol. The minimum absolute atomic E-state index is 0.0198. The van der Waals surface area contributed by atoms with E-state index in [1.54, 1.807) is 12.1 Å². The molecule has 3 rings (SSSR count). The van der Waals surface area contributed by atoms with E-state index in [4.69, 9.17) is 16.7 Å². The lowest BCUT2D eigenvalue weighted by Gasteiger charge is -2.03. The molecule has 0 bridgehead atoms. The minimum atomic E-state index is -1.04. The number of halogens is 2. The van der Waals surface area contributed by atoms with Crippen molar-refractivity contribution in [3.05, 3.63) is 52.8 Å². The van der Waals surface area contributed by atoms with Crippen LogP contribution in [0.3, 0.4) is 0 Å². The molecule has 100 valence electrons. The van der Waals surface area contributed by atoms with Crippen LogP contribution in [-0.2, 0) is 0 Å². The zero-order valence-corrected chi connectivity index (χ0v) is 10.7. The molecule has 1 N–H and O–H groups in total. The molecule has 0 saturated heterocycles. The summed E-state index contributed by atoms with van der Waals surface area (Å²) in [6.45, 7) is 0. The fraction of sp³-hybridized carbons (Fsp3) is 0. The SMILES string of the molecule is O=C(O)c1ccc2c(c1)nnn2-c1ccc(Cl)c(F)c1. The first-order valence-electron chi connectivity index (χ1n) is 5.60. The predicted molar refractivity (Wildman–Crippen MR) is 70.8 cm³/mol. The topological polar surface area (TPSA) is 68.0 Å². The van der Waals surface area contributed by atoms with E-state index in [9.17, 15) is 9.18 Å². The van der Waals surface area contributed by atoms with Crippen LogP contribution >= 0.6 is 11.6 Å². The third kappa shape index (κ3) is 2.00. The number of nitrogens with zero attached hydrogens (tertiary/aromatic N) is 3. The van der Waals surface area contributed by atoms with Gasteiger partial charge in [-0.05, 0) is 30.3 Å². The first-order chi connectivity index (χ1) is 9.56. The molecule has 0 fully saturated rings. The monoisotopic (exact) mass is 291 g/mol. The van der Waals surface area contributed by atoms with Gasteiger partial charge in [-0.2, -0.15) is 0 Å². The molecule has 0 radical (unpaired) electrons. The summed E-state index contributed by atoms with van der Waals surface area (Å²) in [7, 11) is 0. The summed E-state index contributed by atoms with van der Waals surface area (Å²) in [4.78, 5) is 10.9. The molecule has 7 heteroatoms. The lowest BCUT2D eigenvalue weighted by atomic mass is 10.2. The standard InChI is InChI=1S/C13H7ClFN3O2/c14-9-3-2-8(6-10(9)15)18-12-4-1-7(13(19)20)5-11(12)16-17-18/h1-6H,(H,19,20). The van der Waals surface area contributed by atoms with Crippen LogP contribution in [0.25, 0.3) is 16.7 Å². The number of benzene rings is 2. The minimum Gasteiger partial charge on any atom is -0.478 e. The Kier molecular flexibility index (Phi) is 2.87. The Morgan fingerprint density at radius 1 is 1.25 bits per heavy atom. The normalized spacial score (nSPS) is 10.9. The number of fused-ring (bicyclic) bond motifs is 1. The molecule has 0 aliphatic heterocycles. The van der Waals surface area contributed by atoms with Crippen LogP contribution in [0.4, 0.5) is 4.39 Å². The predicted octanol–water partition coefficient (Wildman–Crippen LogP) is 2.91. The second-order valence-corrected chi connectivity index (χ2v) is 4.52. The van der Waals surface area contributed by atoms with Crippen molar-refractivity contribution in [1.82, 2.24) is 15.0 Å². The van der Waals surface area contributed by atoms with E-state index in [2.05, 4.69) is 10.3 Å². The van der Waals surface area contributed by atoms with Gasteiger partial charge in [0.2, 0.25) is 0 Å². The quantitative estimate of drug-likeness (QED) is 0.788. The van der Waals surface area contributed by atoms with Crippen molar-refractivity contribution in [2.75, 3.05) is 0 Å². The Hall–Kier alpha value is -2.47. The summed E-state index contributed by atoms with van der Waals surface area (Å²) in [5, 5.41) is 16.7.